The van der Waals surface area contributed by atoms with Gasteiger partial charge in [-0.3, -0.25) is 4.90 Å². The van der Waals surface area contributed by atoms with Crippen LogP contribution in [0.3, 0.4) is 0 Å². The van der Waals surface area contributed by atoms with Gasteiger partial charge in [0.2, 0.25) is 0 Å². The number of hydrogen-bond acceptors (Lipinski definition) is 4. The highest BCUT2D eigenvalue weighted by Gasteiger charge is 2.40. The lowest BCUT2D eigenvalue weighted by atomic mass is 9.86. The molecule has 19 heavy (non-hydrogen) atoms. The minimum atomic E-state index is 0.320. The standard InChI is InChI=1S/C15H28N2O2/c1-12(2)16-9-15(5-6-18-11-15)10-17-7-13-3-4-14(8-17)19-13/h12-14,16H,3-11H2,1-2H3. The molecule has 0 aromatic heterocycles. The quantitative estimate of drug-likeness (QED) is 0.814. The van der Waals surface area contributed by atoms with Gasteiger partial charge in [0.1, 0.15) is 0 Å². The Morgan fingerprint density at radius 1 is 1.26 bits per heavy atom. The van der Waals surface area contributed by atoms with Crippen LogP contribution in [-0.4, -0.2) is 62.5 Å². The van der Waals surface area contributed by atoms with E-state index >= 15 is 0 Å². The molecule has 0 saturated carbocycles. The first-order chi connectivity index (χ1) is 9.15. The van der Waals surface area contributed by atoms with Gasteiger partial charge in [0.05, 0.1) is 18.8 Å². The molecule has 4 nitrogen and oxygen atoms in total. The van der Waals surface area contributed by atoms with Crippen LogP contribution in [0.25, 0.3) is 0 Å². The Labute approximate surface area is 116 Å². The van der Waals surface area contributed by atoms with Crippen molar-refractivity contribution in [2.75, 3.05) is 39.4 Å². The lowest BCUT2D eigenvalue weighted by molar-refractivity contribution is -0.0512. The van der Waals surface area contributed by atoms with Crippen molar-refractivity contribution in [1.82, 2.24) is 10.2 Å². The normalized spacial score (nSPS) is 39.3. The van der Waals surface area contributed by atoms with Crippen molar-refractivity contribution >= 4 is 0 Å². The van der Waals surface area contributed by atoms with Gasteiger partial charge in [-0.05, 0) is 19.3 Å². The maximum Gasteiger partial charge on any atom is 0.0707 e. The molecule has 3 aliphatic heterocycles. The number of rotatable bonds is 5. The van der Waals surface area contributed by atoms with Gasteiger partial charge in [-0.15, -0.1) is 0 Å². The van der Waals surface area contributed by atoms with Crippen LogP contribution in [0.15, 0.2) is 0 Å². The third kappa shape index (κ3) is 3.30. The lowest BCUT2D eigenvalue weighted by Gasteiger charge is -2.39. The molecular weight excluding hydrogens is 240 g/mol. The third-order valence-corrected chi connectivity index (χ3v) is 4.75. The minimum absolute atomic E-state index is 0.320. The predicted molar refractivity (Wildman–Crippen MR) is 75.3 cm³/mol. The Bertz CT molecular complexity index is 291. The first kappa shape index (κ1) is 13.8. The van der Waals surface area contributed by atoms with Crippen LogP contribution < -0.4 is 5.32 Å². The van der Waals surface area contributed by atoms with Gasteiger partial charge >= 0.3 is 0 Å². The van der Waals surface area contributed by atoms with E-state index in [2.05, 4.69) is 24.1 Å². The topological polar surface area (TPSA) is 33.7 Å². The lowest BCUT2D eigenvalue weighted by Crippen LogP contribution is -2.51. The Hall–Kier alpha value is -0.160. The number of ether oxygens (including phenoxy) is 2. The zero-order valence-electron chi connectivity index (χ0n) is 12.4. The number of fused-ring (bicyclic) bond motifs is 2. The molecule has 3 heterocycles. The van der Waals surface area contributed by atoms with Crippen molar-refractivity contribution in [3.05, 3.63) is 0 Å². The summed E-state index contributed by atoms with van der Waals surface area (Å²) in [4.78, 5) is 2.63. The highest BCUT2D eigenvalue weighted by molar-refractivity contribution is 4.93. The largest absolute Gasteiger partial charge is 0.381 e. The van der Waals surface area contributed by atoms with E-state index in [1.807, 2.05) is 0 Å². The highest BCUT2D eigenvalue weighted by atomic mass is 16.5. The number of morpholine rings is 1. The smallest absolute Gasteiger partial charge is 0.0707 e. The molecule has 0 radical (unpaired) electrons. The Balaban J connectivity index is 1.58. The van der Waals surface area contributed by atoms with Crippen LogP contribution in [0.5, 0.6) is 0 Å². The molecule has 3 saturated heterocycles. The van der Waals surface area contributed by atoms with Gasteiger partial charge < -0.3 is 14.8 Å². The molecule has 3 unspecified atom stereocenters. The predicted octanol–water partition coefficient (Wildman–Crippen LogP) is 1.25. The zero-order valence-corrected chi connectivity index (χ0v) is 12.4. The Morgan fingerprint density at radius 2 is 2.00 bits per heavy atom. The molecule has 0 aromatic rings. The van der Waals surface area contributed by atoms with Gasteiger partial charge in [0.25, 0.3) is 0 Å². The summed E-state index contributed by atoms with van der Waals surface area (Å²) in [5.74, 6) is 0. The maximum absolute atomic E-state index is 5.93. The number of likely N-dealkylation sites (tertiary alicyclic amines) is 1. The molecule has 3 fully saturated rings. The van der Waals surface area contributed by atoms with E-state index in [-0.39, 0.29) is 0 Å². The Morgan fingerprint density at radius 3 is 2.58 bits per heavy atom. The van der Waals surface area contributed by atoms with Gasteiger partial charge in [-0.1, -0.05) is 13.8 Å². The number of hydrogen-bond donors (Lipinski definition) is 1. The van der Waals surface area contributed by atoms with E-state index < -0.39 is 0 Å². The fraction of sp³-hybridized carbons (Fsp3) is 1.00. The second kappa shape index (κ2) is 5.68. The van der Waals surface area contributed by atoms with E-state index in [9.17, 15) is 0 Å². The van der Waals surface area contributed by atoms with E-state index in [0.29, 0.717) is 23.7 Å². The summed E-state index contributed by atoms with van der Waals surface area (Å²) in [5, 5.41) is 3.62. The molecule has 110 valence electrons. The van der Waals surface area contributed by atoms with Crippen LogP contribution in [0, 0.1) is 5.41 Å². The van der Waals surface area contributed by atoms with Crippen LogP contribution in [0.1, 0.15) is 33.1 Å². The summed E-state index contributed by atoms with van der Waals surface area (Å²) in [5.41, 5.74) is 0.320. The summed E-state index contributed by atoms with van der Waals surface area (Å²) >= 11 is 0. The molecule has 3 atom stereocenters. The molecule has 3 rings (SSSR count). The molecule has 1 N–H and O–H groups in total. The van der Waals surface area contributed by atoms with Gasteiger partial charge in [-0.25, -0.2) is 0 Å². The second-order valence-corrected chi connectivity index (χ2v) is 6.99. The summed E-state index contributed by atoms with van der Waals surface area (Å²) in [6.07, 6.45) is 4.70. The number of nitrogens with zero attached hydrogens (tertiary/aromatic N) is 1. The molecule has 0 amide bonds. The summed E-state index contributed by atoms with van der Waals surface area (Å²) < 4.78 is 11.6. The highest BCUT2D eigenvalue weighted by Crippen LogP contribution is 2.33. The van der Waals surface area contributed by atoms with E-state index in [4.69, 9.17) is 9.47 Å². The Kier molecular flexibility index (Phi) is 4.13. The van der Waals surface area contributed by atoms with Crippen LogP contribution in [0.2, 0.25) is 0 Å². The fourth-order valence-corrected chi connectivity index (χ4v) is 3.69. The second-order valence-electron chi connectivity index (χ2n) is 6.99. The van der Waals surface area contributed by atoms with Gasteiger partial charge in [0, 0.05) is 44.2 Å². The van der Waals surface area contributed by atoms with Crippen LogP contribution in [0.4, 0.5) is 0 Å². The molecule has 0 spiro atoms. The monoisotopic (exact) mass is 268 g/mol. The minimum Gasteiger partial charge on any atom is -0.381 e. The van der Waals surface area contributed by atoms with E-state index in [1.54, 1.807) is 0 Å². The summed E-state index contributed by atoms with van der Waals surface area (Å²) in [6, 6.07) is 0.554. The van der Waals surface area contributed by atoms with Gasteiger partial charge in [-0.2, -0.15) is 0 Å². The summed E-state index contributed by atoms with van der Waals surface area (Å²) in [7, 11) is 0. The molecule has 4 heteroatoms. The SMILES string of the molecule is CC(C)NCC1(CN2CC3CCC(C2)O3)CCOC1. The van der Waals surface area contributed by atoms with Crippen LogP contribution in [-0.2, 0) is 9.47 Å². The van der Waals surface area contributed by atoms with Crippen molar-refractivity contribution < 1.29 is 9.47 Å². The fourth-order valence-electron chi connectivity index (χ4n) is 3.69. The molecular formula is C15H28N2O2. The van der Waals surface area contributed by atoms with Crippen molar-refractivity contribution in [1.29, 1.82) is 0 Å². The molecule has 0 aromatic carbocycles. The average Bonchev–Trinajstić information content (AvgIpc) is 2.95. The molecule has 0 aliphatic carbocycles. The van der Waals surface area contributed by atoms with E-state index in [0.717, 1.165) is 32.8 Å². The summed E-state index contributed by atoms with van der Waals surface area (Å²) in [6.45, 7) is 10.8. The molecule has 3 aliphatic rings. The first-order valence-electron chi connectivity index (χ1n) is 7.84. The van der Waals surface area contributed by atoms with Crippen LogP contribution >= 0.6 is 0 Å². The average molecular weight is 268 g/mol. The van der Waals surface area contributed by atoms with Crippen molar-refractivity contribution in [3.63, 3.8) is 0 Å². The van der Waals surface area contributed by atoms with Gasteiger partial charge in [0.15, 0.2) is 0 Å². The van der Waals surface area contributed by atoms with Crippen molar-refractivity contribution in [2.24, 2.45) is 5.41 Å². The zero-order chi connectivity index (χ0) is 13.3. The maximum atomic E-state index is 5.93. The molecule has 2 bridgehead atoms. The van der Waals surface area contributed by atoms with E-state index in [1.165, 1.54) is 25.8 Å². The third-order valence-electron chi connectivity index (χ3n) is 4.75. The van der Waals surface area contributed by atoms with Crippen molar-refractivity contribution in [2.45, 2.75) is 51.4 Å². The first-order valence-corrected chi connectivity index (χ1v) is 7.84. The number of nitrogens with one attached hydrogen (secondary N) is 1. The van der Waals surface area contributed by atoms with Crippen molar-refractivity contribution in [3.8, 4) is 0 Å².